The van der Waals surface area contributed by atoms with Crippen molar-refractivity contribution in [3.8, 4) is 0 Å². The predicted octanol–water partition coefficient (Wildman–Crippen LogP) is 1.22. The molecular formula is C10H13BrN2O2. The van der Waals surface area contributed by atoms with Crippen LogP contribution < -0.4 is 5.32 Å². The topological polar surface area (TPSA) is 51.2 Å². The molecule has 82 valence electrons. The molecular weight excluding hydrogens is 260 g/mol. The van der Waals surface area contributed by atoms with E-state index in [4.69, 9.17) is 4.74 Å². The van der Waals surface area contributed by atoms with Gasteiger partial charge in [-0.1, -0.05) is 15.9 Å². The minimum absolute atomic E-state index is 0.0179. The molecule has 0 spiro atoms. The number of carbonyl (C=O) groups is 1. The van der Waals surface area contributed by atoms with Crippen molar-refractivity contribution in [1.29, 1.82) is 0 Å². The van der Waals surface area contributed by atoms with E-state index in [9.17, 15) is 4.79 Å². The summed E-state index contributed by atoms with van der Waals surface area (Å²) >= 11 is 3.31. The number of nitrogens with one attached hydrogen (secondary N) is 1. The first kappa shape index (κ1) is 12.1. The molecule has 1 heterocycles. The number of methoxy groups -OCH3 is 1. The Balaban J connectivity index is 2.55. The Morgan fingerprint density at radius 2 is 2.27 bits per heavy atom. The summed E-state index contributed by atoms with van der Waals surface area (Å²) in [7, 11) is 1.61. The van der Waals surface area contributed by atoms with Crippen LogP contribution in [0.3, 0.4) is 0 Å². The second-order valence-electron chi connectivity index (χ2n) is 3.02. The zero-order valence-electron chi connectivity index (χ0n) is 8.44. The van der Waals surface area contributed by atoms with E-state index in [1.807, 2.05) is 0 Å². The number of hydrogen-bond acceptors (Lipinski definition) is 3. The Bertz CT molecular complexity index is 306. The first-order chi connectivity index (χ1) is 7.27. The second kappa shape index (κ2) is 6.53. The number of nitrogens with zero attached hydrogens (tertiary/aromatic N) is 1. The zero-order chi connectivity index (χ0) is 11.1. The lowest BCUT2D eigenvalue weighted by Crippen LogP contribution is -2.39. The maximum Gasteiger partial charge on any atom is 0.251 e. The van der Waals surface area contributed by atoms with Crippen LogP contribution in [0.2, 0.25) is 0 Å². The van der Waals surface area contributed by atoms with Gasteiger partial charge in [0, 0.05) is 30.4 Å². The van der Waals surface area contributed by atoms with Gasteiger partial charge in [-0.05, 0) is 12.1 Å². The van der Waals surface area contributed by atoms with Crippen LogP contribution in [0.1, 0.15) is 10.4 Å². The summed E-state index contributed by atoms with van der Waals surface area (Å²) in [5.74, 6) is -0.112. The number of halogens is 1. The second-order valence-corrected chi connectivity index (χ2v) is 3.66. The van der Waals surface area contributed by atoms with Crippen molar-refractivity contribution in [3.63, 3.8) is 0 Å². The maximum atomic E-state index is 11.7. The quantitative estimate of drug-likeness (QED) is 0.821. The first-order valence-corrected chi connectivity index (χ1v) is 5.66. The fourth-order valence-electron chi connectivity index (χ4n) is 1.10. The van der Waals surface area contributed by atoms with Crippen molar-refractivity contribution in [1.82, 2.24) is 10.3 Å². The monoisotopic (exact) mass is 272 g/mol. The van der Waals surface area contributed by atoms with Gasteiger partial charge in [0.05, 0.1) is 12.6 Å². The molecule has 0 radical (unpaired) electrons. The third kappa shape index (κ3) is 3.97. The standard InChI is InChI=1S/C10H13BrN2O2/c1-15-7-9(6-11)13-10(14)8-2-4-12-5-3-8/h2-5,9H,6-7H2,1H3,(H,13,14). The number of alkyl halides is 1. The summed E-state index contributed by atoms with van der Waals surface area (Å²) in [6.07, 6.45) is 3.18. The number of pyridine rings is 1. The molecule has 1 aromatic rings. The molecule has 1 atom stereocenters. The van der Waals surface area contributed by atoms with Crippen LogP contribution in [-0.4, -0.2) is 36.0 Å². The highest BCUT2D eigenvalue weighted by Crippen LogP contribution is 1.98. The number of carbonyl (C=O) groups excluding carboxylic acids is 1. The van der Waals surface area contributed by atoms with Gasteiger partial charge in [-0.15, -0.1) is 0 Å². The van der Waals surface area contributed by atoms with Crippen molar-refractivity contribution in [2.75, 3.05) is 19.0 Å². The van der Waals surface area contributed by atoms with Crippen molar-refractivity contribution >= 4 is 21.8 Å². The van der Waals surface area contributed by atoms with Crippen molar-refractivity contribution in [2.24, 2.45) is 0 Å². The molecule has 1 amide bonds. The molecule has 0 aliphatic heterocycles. The largest absolute Gasteiger partial charge is 0.383 e. The molecule has 0 fully saturated rings. The summed E-state index contributed by atoms with van der Waals surface area (Å²) in [6.45, 7) is 0.488. The molecule has 0 aromatic carbocycles. The lowest BCUT2D eigenvalue weighted by Gasteiger charge is -2.14. The molecule has 5 heteroatoms. The normalized spacial score (nSPS) is 12.1. The fourth-order valence-corrected chi connectivity index (χ4v) is 1.45. The number of aromatic nitrogens is 1. The van der Waals surface area contributed by atoms with E-state index in [1.54, 1.807) is 31.6 Å². The van der Waals surface area contributed by atoms with Gasteiger partial charge in [0.1, 0.15) is 0 Å². The maximum absolute atomic E-state index is 11.7. The molecule has 4 nitrogen and oxygen atoms in total. The number of hydrogen-bond donors (Lipinski definition) is 1. The Morgan fingerprint density at radius 1 is 1.60 bits per heavy atom. The van der Waals surface area contributed by atoms with E-state index < -0.39 is 0 Å². The zero-order valence-corrected chi connectivity index (χ0v) is 10.0. The lowest BCUT2D eigenvalue weighted by atomic mass is 10.2. The van der Waals surface area contributed by atoms with Gasteiger partial charge in [0.25, 0.3) is 5.91 Å². The van der Waals surface area contributed by atoms with Crippen LogP contribution in [0.4, 0.5) is 0 Å². The number of amides is 1. The fraction of sp³-hybridized carbons (Fsp3) is 0.400. The van der Waals surface area contributed by atoms with E-state index in [-0.39, 0.29) is 11.9 Å². The highest BCUT2D eigenvalue weighted by molar-refractivity contribution is 9.09. The van der Waals surface area contributed by atoms with E-state index in [1.165, 1.54) is 0 Å². The Morgan fingerprint density at radius 3 is 2.80 bits per heavy atom. The molecule has 1 rings (SSSR count). The van der Waals surface area contributed by atoms with E-state index in [0.717, 1.165) is 0 Å². The predicted molar refractivity (Wildman–Crippen MR) is 61.2 cm³/mol. The Hall–Kier alpha value is -0.940. The average Bonchev–Trinajstić information content (AvgIpc) is 2.29. The van der Waals surface area contributed by atoms with Gasteiger partial charge in [-0.25, -0.2) is 0 Å². The van der Waals surface area contributed by atoms with Gasteiger partial charge < -0.3 is 10.1 Å². The SMILES string of the molecule is COCC(CBr)NC(=O)c1ccncc1. The van der Waals surface area contributed by atoms with Crippen LogP contribution in [0.25, 0.3) is 0 Å². The minimum Gasteiger partial charge on any atom is -0.383 e. The summed E-state index contributed by atoms with van der Waals surface area (Å²) in [5.41, 5.74) is 0.604. The van der Waals surface area contributed by atoms with Gasteiger partial charge in [0.2, 0.25) is 0 Å². The third-order valence-electron chi connectivity index (χ3n) is 1.83. The highest BCUT2D eigenvalue weighted by atomic mass is 79.9. The van der Waals surface area contributed by atoms with Gasteiger partial charge in [-0.2, -0.15) is 0 Å². The lowest BCUT2D eigenvalue weighted by molar-refractivity contribution is 0.0908. The van der Waals surface area contributed by atoms with E-state index in [2.05, 4.69) is 26.2 Å². The average molecular weight is 273 g/mol. The van der Waals surface area contributed by atoms with Gasteiger partial charge in [0.15, 0.2) is 0 Å². The molecule has 0 bridgehead atoms. The number of rotatable bonds is 5. The number of ether oxygens (including phenoxy) is 1. The summed E-state index contributed by atoms with van der Waals surface area (Å²) in [5, 5.41) is 3.51. The van der Waals surface area contributed by atoms with Crippen LogP contribution >= 0.6 is 15.9 Å². The smallest absolute Gasteiger partial charge is 0.251 e. The van der Waals surface area contributed by atoms with Crippen LogP contribution in [-0.2, 0) is 4.74 Å². The van der Waals surface area contributed by atoms with E-state index >= 15 is 0 Å². The molecule has 0 aliphatic rings. The van der Waals surface area contributed by atoms with Crippen molar-refractivity contribution < 1.29 is 9.53 Å². The summed E-state index contributed by atoms with van der Waals surface area (Å²) < 4.78 is 4.97. The molecule has 0 saturated carbocycles. The first-order valence-electron chi connectivity index (χ1n) is 4.53. The molecule has 1 N–H and O–H groups in total. The minimum atomic E-state index is -0.112. The third-order valence-corrected chi connectivity index (χ3v) is 2.61. The van der Waals surface area contributed by atoms with Gasteiger partial charge >= 0.3 is 0 Å². The summed E-state index contributed by atoms with van der Waals surface area (Å²) in [4.78, 5) is 15.5. The van der Waals surface area contributed by atoms with Crippen LogP contribution in [0, 0.1) is 0 Å². The molecule has 0 saturated heterocycles. The Kier molecular flexibility index (Phi) is 5.28. The van der Waals surface area contributed by atoms with Crippen molar-refractivity contribution in [3.05, 3.63) is 30.1 Å². The molecule has 1 aromatic heterocycles. The van der Waals surface area contributed by atoms with Crippen LogP contribution in [0.15, 0.2) is 24.5 Å². The Labute approximate surface area is 97.2 Å². The highest BCUT2D eigenvalue weighted by Gasteiger charge is 2.11. The summed E-state index contributed by atoms with van der Waals surface area (Å²) in [6, 6.07) is 3.33. The molecule has 0 aliphatic carbocycles. The van der Waals surface area contributed by atoms with Gasteiger partial charge in [-0.3, -0.25) is 9.78 Å². The molecule has 15 heavy (non-hydrogen) atoms. The molecule has 1 unspecified atom stereocenters. The van der Waals surface area contributed by atoms with E-state index in [0.29, 0.717) is 17.5 Å². The van der Waals surface area contributed by atoms with Crippen LogP contribution in [0.5, 0.6) is 0 Å². The van der Waals surface area contributed by atoms with Crippen molar-refractivity contribution in [2.45, 2.75) is 6.04 Å².